The molecule has 0 unspecified atom stereocenters. The lowest BCUT2D eigenvalue weighted by molar-refractivity contribution is -0.138. The highest BCUT2D eigenvalue weighted by Crippen LogP contribution is 1.90. The van der Waals surface area contributed by atoms with Crippen LogP contribution in [0.1, 0.15) is 0 Å². The van der Waals surface area contributed by atoms with Gasteiger partial charge in [0.2, 0.25) is 0 Å². The number of aliphatic carboxylic acids is 1. The predicted octanol–water partition coefficient (Wildman–Crippen LogP) is -0.504. The van der Waals surface area contributed by atoms with E-state index in [2.05, 4.69) is 9.80 Å². The Morgan fingerprint density at radius 3 is 1.60 bits per heavy atom. The van der Waals surface area contributed by atoms with Crippen molar-refractivity contribution in [2.45, 2.75) is 0 Å². The van der Waals surface area contributed by atoms with Crippen LogP contribution in [0.2, 0.25) is 0 Å². The highest BCUT2D eigenvalue weighted by molar-refractivity contribution is 5.69. The molecular formula is C10H23N3O2. The minimum Gasteiger partial charge on any atom is -0.480 e. The van der Waals surface area contributed by atoms with Crippen LogP contribution >= 0.6 is 0 Å². The van der Waals surface area contributed by atoms with Gasteiger partial charge in [0.1, 0.15) is 0 Å². The monoisotopic (exact) mass is 217 g/mol. The number of rotatable bonds is 8. The summed E-state index contributed by atoms with van der Waals surface area (Å²) in [6.45, 7) is 3.50. The molecule has 0 aromatic carbocycles. The number of carboxylic acids is 1. The van der Waals surface area contributed by atoms with Gasteiger partial charge in [0, 0.05) is 26.2 Å². The van der Waals surface area contributed by atoms with Crippen molar-refractivity contribution in [3.63, 3.8) is 0 Å². The Balaban J connectivity index is 3.89. The van der Waals surface area contributed by atoms with E-state index >= 15 is 0 Å². The standard InChI is InChI=1S/C10H23N3O2/c1-11(2)5-7-13(9-10(14)15)8-6-12(3)4/h5-9H2,1-4H3,(H,14,15). The molecule has 0 spiro atoms. The first-order valence-corrected chi connectivity index (χ1v) is 5.15. The molecule has 0 aromatic rings. The lowest BCUT2D eigenvalue weighted by Gasteiger charge is -2.23. The van der Waals surface area contributed by atoms with Crippen LogP contribution in [0.15, 0.2) is 0 Å². The third-order valence-electron chi connectivity index (χ3n) is 2.09. The van der Waals surface area contributed by atoms with Crippen LogP contribution in [-0.2, 0) is 4.79 Å². The van der Waals surface area contributed by atoms with Crippen LogP contribution in [0.4, 0.5) is 0 Å². The van der Waals surface area contributed by atoms with Gasteiger partial charge in [0.15, 0.2) is 0 Å². The van der Waals surface area contributed by atoms with Gasteiger partial charge < -0.3 is 14.9 Å². The molecule has 0 saturated heterocycles. The number of carbonyl (C=O) groups is 1. The zero-order valence-electron chi connectivity index (χ0n) is 10.2. The van der Waals surface area contributed by atoms with E-state index in [0.29, 0.717) is 0 Å². The van der Waals surface area contributed by atoms with Crippen LogP contribution in [0.5, 0.6) is 0 Å². The highest BCUT2D eigenvalue weighted by atomic mass is 16.4. The largest absolute Gasteiger partial charge is 0.480 e. The second kappa shape index (κ2) is 7.62. The van der Waals surface area contributed by atoms with Crippen molar-refractivity contribution < 1.29 is 9.90 Å². The Labute approximate surface area is 92.3 Å². The molecule has 0 radical (unpaired) electrons. The third-order valence-corrected chi connectivity index (χ3v) is 2.09. The highest BCUT2D eigenvalue weighted by Gasteiger charge is 2.09. The fourth-order valence-electron chi connectivity index (χ4n) is 1.14. The lowest BCUT2D eigenvalue weighted by Crippen LogP contribution is -2.39. The van der Waals surface area contributed by atoms with Gasteiger partial charge in [-0.2, -0.15) is 0 Å². The first-order chi connectivity index (χ1) is 6.91. The summed E-state index contributed by atoms with van der Waals surface area (Å²) in [6, 6.07) is 0. The molecule has 1 N–H and O–H groups in total. The number of likely N-dealkylation sites (N-methyl/N-ethyl adjacent to an activating group) is 2. The molecule has 0 aliphatic rings. The average molecular weight is 217 g/mol. The predicted molar refractivity (Wildman–Crippen MR) is 61.2 cm³/mol. The summed E-state index contributed by atoms with van der Waals surface area (Å²) in [6.07, 6.45) is 0. The smallest absolute Gasteiger partial charge is 0.317 e. The molecular weight excluding hydrogens is 194 g/mol. The van der Waals surface area contributed by atoms with Gasteiger partial charge in [-0.1, -0.05) is 0 Å². The molecule has 5 nitrogen and oxygen atoms in total. The summed E-state index contributed by atoms with van der Waals surface area (Å²) in [5, 5.41) is 8.75. The van der Waals surface area contributed by atoms with Gasteiger partial charge >= 0.3 is 5.97 Å². The molecule has 0 heterocycles. The van der Waals surface area contributed by atoms with E-state index in [9.17, 15) is 4.79 Å². The summed E-state index contributed by atoms with van der Waals surface area (Å²) in [5.74, 6) is -0.757. The van der Waals surface area contributed by atoms with E-state index in [1.165, 1.54) is 0 Å². The van der Waals surface area contributed by atoms with Gasteiger partial charge in [-0.25, -0.2) is 0 Å². The molecule has 0 fully saturated rings. The molecule has 15 heavy (non-hydrogen) atoms. The Hall–Kier alpha value is -0.650. The minimum atomic E-state index is -0.757. The Kier molecular flexibility index (Phi) is 7.29. The van der Waals surface area contributed by atoms with E-state index in [0.717, 1.165) is 26.2 Å². The summed E-state index contributed by atoms with van der Waals surface area (Å²) >= 11 is 0. The summed E-state index contributed by atoms with van der Waals surface area (Å²) in [4.78, 5) is 16.7. The van der Waals surface area contributed by atoms with Crippen molar-refractivity contribution in [1.82, 2.24) is 14.7 Å². The SMILES string of the molecule is CN(C)CCN(CCN(C)C)CC(=O)O. The number of nitrogens with zero attached hydrogens (tertiary/aromatic N) is 3. The van der Waals surface area contributed by atoms with Gasteiger partial charge in [0.05, 0.1) is 6.54 Å². The minimum absolute atomic E-state index is 0.127. The molecule has 0 aliphatic heterocycles. The van der Waals surface area contributed by atoms with E-state index in [1.807, 2.05) is 33.1 Å². The van der Waals surface area contributed by atoms with Crippen molar-refractivity contribution in [2.24, 2.45) is 0 Å². The maximum Gasteiger partial charge on any atom is 0.317 e. The summed E-state index contributed by atoms with van der Waals surface area (Å²) < 4.78 is 0. The topological polar surface area (TPSA) is 47.0 Å². The van der Waals surface area contributed by atoms with Crippen molar-refractivity contribution in [2.75, 3.05) is 60.9 Å². The molecule has 90 valence electrons. The first-order valence-electron chi connectivity index (χ1n) is 5.15. The van der Waals surface area contributed by atoms with E-state index in [1.54, 1.807) is 0 Å². The molecule has 5 heteroatoms. The maximum atomic E-state index is 10.6. The van der Waals surface area contributed by atoms with Crippen LogP contribution in [0, 0.1) is 0 Å². The third kappa shape index (κ3) is 9.65. The van der Waals surface area contributed by atoms with Crippen molar-refractivity contribution >= 4 is 5.97 Å². The van der Waals surface area contributed by atoms with Gasteiger partial charge in [-0.05, 0) is 28.2 Å². The van der Waals surface area contributed by atoms with E-state index in [-0.39, 0.29) is 6.54 Å². The molecule has 0 amide bonds. The van der Waals surface area contributed by atoms with Crippen LogP contribution in [0.25, 0.3) is 0 Å². The fraction of sp³-hybridized carbons (Fsp3) is 0.900. The Morgan fingerprint density at radius 1 is 0.933 bits per heavy atom. The van der Waals surface area contributed by atoms with Gasteiger partial charge in [-0.3, -0.25) is 9.69 Å². The van der Waals surface area contributed by atoms with Crippen molar-refractivity contribution in [3.05, 3.63) is 0 Å². The first kappa shape index (κ1) is 14.3. The molecule has 0 saturated carbocycles. The zero-order chi connectivity index (χ0) is 11.8. The molecule has 0 aromatic heterocycles. The molecule has 0 atom stereocenters. The number of carboxylic acid groups (broad SMARTS) is 1. The second-order valence-corrected chi connectivity index (χ2v) is 4.28. The molecule has 0 aliphatic carbocycles. The van der Waals surface area contributed by atoms with Gasteiger partial charge in [-0.15, -0.1) is 0 Å². The van der Waals surface area contributed by atoms with Crippen LogP contribution < -0.4 is 0 Å². The lowest BCUT2D eigenvalue weighted by atomic mass is 10.4. The molecule has 0 bridgehead atoms. The van der Waals surface area contributed by atoms with Gasteiger partial charge in [0.25, 0.3) is 0 Å². The Morgan fingerprint density at radius 2 is 1.33 bits per heavy atom. The number of hydrogen-bond donors (Lipinski definition) is 1. The average Bonchev–Trinajstić information content (AvgIpc) is 2.08. The molecule has 0 rings (SSSR count). The summed E-state index contributed by atoms with van der Waals surface area (Å²) in [5.41, 5.74) is 0. The Bertz CT molecular complexity index is 172. The maximum absolute atomic E-state index is 10.6. The second-order valence-electron chi connectivity index (χ2n) is 4.28. The van der Waals surface area contributed by atoms with Crippen LogP contribution in [0.3, 0.4) is 0 Å². The van der Waals surface area contributed by atoms with E-state index in [4.69, 9.17) is 5.11 Å². The number of hydrogen-bond acceptors (Lipinski definition) is 4. The van der Waals surface area contributed by atoms with Crippen molar-refractivity contribution in [3.8, 4) is 0 Å². The quantitative estimate of drug-likeness (QED) is 0.594. The summed E-state index contributed by atoms with van der Waals surface area (Å²) in [7, 11) is 7.96. The van der Waals surface area contributed by atoms with E-state index < -0.39 is 5.97 Å². The fourth-order valence-corrected chi connectivity index (χ4v) is 1.14. The van der Waals surface area contributed by atoms with Crippen LogP contribution in [-0.4, -0.2) is 86.7 Å². The normalized spacial score (nSPS) is 11.7. The van der Waals surface area contributed by atoms with Crippen molar-refractivity contribution in [1.29, 1.82) is 0 Å². The zero-order valence-corrected chi connectivity index (χ0v) is 10.2.